The molecule has 0 bridgehead atoms. The molecule has 0 saturated carbocycles. The lowest BCUT2D eigenvalue weighted by Gasteiger charge is -2.37. The van der Waals surface area contributed by atoms with E-state index in [1.165, 1.54) is 0 Å². The van der Waals surface area contributed by atoms with Gasteiger partial charge in [-0.1, -0.05) is 66.8 Å². The third-order valence-electron chi connectivity index (χ3n) is 7.19. The lowest BCUT2D eigenvalue weighted by Crippen LogP contribution is -2.30. The number of hydrogen-bond donors (Lipinski definition) is 3. The van der Waals surface area contributed by atoms with Gasteiger partial charge in [-0.25, -0.2) is 0 Å². The zero-order valence-corrected chi connectivity index (χ0v) is 23.5. The number of hydrogen-bond acceptors (Lipinski definition) is 6. The van der Waals surface area contributed by atoms with E-state index in [9.17, 15) is 14.7 Å². The fourth-order valence-electron chi connectivity index (χ4n) is 5.01. The van der Waals surface area contributed by atoms with Gasteiger partial charge in [0.15, 0.2) is 6.29 Å². The van der Waals surface area contributed by atoms with Gasteiger partial charge >= 0.3 is 11.9 Å². The average molecular weight is 572 g/mol. The number of ether oxygens (including phenoxy) is 2. The number of aromatic nitrogens is 1. The summed E-state index contributed by atoms with van der Waals surface area (Å²) in [4.78, 5) is 25.9. The summed E-state index contributed by atoms with van der Waals surface area (Å²) in [5.74, 6) is -1.51. The van der Waals surface area contributed by atoms with Crippen LogP contribution in [-0.2, 0) is 19.1 Å². The van der Waals surface area contributed by atoms with Crippen molar-refractivity contribution in [2.45, 2.75) is 57.3 Å². The molecule has 8 heteroatoms. The van der Waals surface area contributed by atoms with Crippen molar-refractivity contribution in [3.63, 3.8) is 0 Å². The number of nitrogens with zero attached hydrogens (tertiary/aromatic N) is 1. The number of phenolic OH excluding ortho intramolecular Hbond substituents is 1. The summed E-state index contributed by atoms with van der Waals surface area (Å²) < 4.78 is 12.6. The zero-order valence-electron chi connectivity index (χ0n) is 23.5. The first-order chi connectivity index (χ1) is 20.4. The Hall–Kier alpha value is -4.27. The number of carboxylic acid groups (broad SMARTS) is 2. The molecule has 42 heavy (non-hydrogen) atoms. The highest BCUT2D eigenvalue weighted by molar-refractivity contribution is 5.79. The first-order valence-electron chi connectivity index (χ1n) is 14.3. The Kier molecular flexibility index (Phi) is 11.4. The second-order valence-electron chi connectivity index (χ2n) is 10.3. The highest BCUT2D eigenvalue weighted by atomic mass is 16.7. The summed E-state index contributed by atoms with van der Waals surface area (Å²) in [7, 11) is 0. The van der Waals surface area contributed by atoms with Crippen molar-refractivity contribution in [3.05, 3.63) is 114 Å². The summed E-state index contributed by atoms with van der Waals surface area (Å²) in [6, 6.07) is 19.0. The minimum atomic E-state index is -0.830. The van der Waals surface area contributed by atoms with Crippen LogP contribution in [0.2, 0.25) is 0 Å². The lowest BCUT2D eigenvalue weighted by molar-refractivity contribution is -0.244. The van der Waals surface area contributed by atoms with Crippen LogP contribution in [0.5, 0.6) is 5.75 Å². The van der Waals surface area contributed by atoms with Crippen molar-refractivity contribution >= 4 is 17.5 Å². The SMILES string of the molecule is O=C(O)CC/C=C\C[C@@H]1CO[C@H](c2ccc(/C(=C/CCCCC(=O)O)c3cccnc3)cc2)O[C@@H]1c1ccccc1O. The van der Waals surface area contributed by atoms with Crippen LogP contribution < -0.4 is 0 Å². The van der Waals surface area contributed by atoms with E-state index >= 15 is 0 Å². The van der Waals surface area contributed by atoms with Crippen molar-refractivity contribution in [3.8, 4) is 5.75 Å². The molecule has 0 aliphatic carbocycles. The van der Waals surface area contributed by atoms with Gasteiger partial charge in [0.2, 0.25) is 0 Å². The van der Waals surface area contributed by atoms with E-state index in [0.29, 0.717) is 31.4 Å². The molecule has 1 fully saturated rings. The molecule has 1 saturated heterocycles. The van der Waals surface area contributed by atoms with E-state index < -0.39 is 24.3 Å². The number of aliphatic carboxylic acids is 2. The molecule has 1 aliphatic heterocycles. The van der Waals surface area contributed by atoms with Crippen LogP contribution in [0.3, 0.4) is 0 Å². The molecule has 1 aromatic heterocycles. The number of para-hydroxylation sites is 1. The van der Waals surface area contributed by atoms with E-state index in [1.807, 2.05) is 66.9 Å². The number of phenols is 1. The molecule has 0 unspecified atom stereocenters. The third-order valence-corrected chi connectivity index (χ3v) is 7.19. The Balaban J connectivity index is 1.50. The Morgan fingerprint density at radius 2 is 1.67 bits per heavy atom. The van der Waals surface area contributed by atoms with E-state index in [4.69, 9.17) is 19.7 Å². The molecule has 2 aromatic carbocycles. The third kappa shape index (κ3) is 8.86. The van der Waals surface area contributed by atoms with Gasteiger partial charge in [-0.3, -0.25) is 14.6 Å². The second kappa shape index (κ2) is 15.7. The van der Waals surface area contributed by atoms with Crippen LogP contribution in [0, 0.1) is 5.92 Å². The molecule has 220 valence electrons. The van der Waals surface area contributed by atoms with Gasteiger partial charge in [0.05, 0.1) is 12.7 Å². The minimum absolute atomic E-state index is 0.0591. The van der Waals surface area contributed by atoms with Crippen LogP contribution in [0.4, 0.5) is 0 Å². The van der Waals surface area contributed by atoms with Gasteiger partial charge in [0.25, 0.3) is 0 Å². The number of unbranched alkanes of at least 4 members (excludes halogenated alkanes) is 2. The first kappa shape index (κ1) is 30.7. The number of carboxylic acids is 2. The monoisotopic (exact) mass is 571 g/mol. The van der Waals surface area contributed by atoms with Crippen molar-refractivity contribution in [1.29, 1.82) is 0 Å². The predicted molar refractivity (Wildman–Crippen MR) is 159 cm³/mol. The van der Waals surface area contributed by atoms with E-state index in [-0.39, 0.29) is 24.5 Å². The van der Waals surface area contributed by atoms with Crippen molar-refractivity contribution in [2.75, 3.05) is 6.61 Å². The Bertz CT molecular complexity index is 1370. The standard InChI is InChI=1S/C34H37NO7/c36-30-14-8-7-13-29(30)33-27(10-3-1-5-15-31(37)38)23-41-34(42-33)25-19-17-24(18-20-25)28(26-11-9-21-35-22-26)12-4-2-6-16-32(39)40/h1,3,7-9,11-14,17-22,27,33-34,36H,2,4-6,10,15-16,23H2,(H,37,38)(H,39,40)/b3-1-,28-12-/t27-,33+,34+/m1/s1. The highest BCUT2D eigenvalue weighted by Gasteiger charge is 2.34. The molecule has 8 nitrogen and oxygen atoms in total. The van der Waals surface area contributed by atoms with Gasteiger partial charge in [-0.05, 0) is 55.4 Å². The van der Waals surface area contributed by atoms with Crippen LogP contribution in [0.15, 0.2) is 91.3 Å². The van der Waals surface area contributed by atoms with Crippen LogP contribution in [0.25, 0.3) is 5.57 Å². The van der Waals surface area contributed by atoms with Crippen LogP contribution in [-0.4, -0.2) is 38.8 Å². The zero-order chi connectivity index (χ0) is 29.7. The summed E-state index contributed by atoms with van der Waals surface area (Å²) in [6.07, 6.45) is 11.9. The normalized spacial score (nSPS) is 19.1. The smallest absolute Gasteiger partial charge is 0.303 e. The van der Waals surface area contributed by atoms with E-state index in [0.717, 1.165) is 35.1 Å². The Labute approximate surface area is 246 Å². The molecule has 3 N–H and O–H groups in total. The molecule has 1 aliphatic rings. The summed E-state index contributed by atoms with van der Waals surface area (Å²) in [5.41, 5.74) is 4.55. The van der Waals surface area contributed by atoms with Crippen LogP contribution >= 0.6 is 0 Å². The molecule has 0 spiro atoms. The lowest BCUT2D eigenvalue weighted by atomic mass is 9.91. The summed E-state index contributed by atoms with van der Waals surface area (Å²) in [6.45, 7) is 0.409. The highest BCUT2D eigenvalue weighted by Crippen LogP contribution is 2.42. The molecule has 0 radical (unpaired) electrons. The summed E-state index contributed by atoms with van der Waals surface area (Å²) >= 11 is 0. The van der Waals surface area contributed by atoms with Gasteiger partial charge in [0.1, 0.15) is 5.75 Å². The average Bonchev–Trinajstić information content (AvgIpc) is 2.99. The molecule has 4 rings (SSSR count). The number of aromatic hydroxyl groups is 1. The van der Waals surface area contributed by atoms with Gasteiger partial charge in [0, 0.05) is 47.8 Å². The maximum atomic E-state index is 10.9. The largest absolute Gasteiger partial charge is 0.508 e. The van der Waals surface area contributed by atoms with Gasteiger partial charge in [-0.15, -0.1) is 0 Å². The molecule has 2 heterocycles. The topological polar surface area (TPSA) is 126 Å². The quantitative estimate of drug-likeness (QED) is 0.138. The number of allylic oxidation sites excluding steroid dienone is 3. The van der Waals surface area contributed by atoms with Gasteiger partial charge < -0.3 is 24.8 Å². The molecule has 3 atom stereocenters. The molecule has 3 aromatic rings. The van der Waals surface area contributed by atoms with Crippen molar-refractivity contribution in [2.24, 2.45) is 5.92 Å². The Morgan fingerprint density at radius 1 is 0.881 bits per heavy atom. The maximum absolute atomic E-state index is 10.9. The number of benzene rings is 2. The molecule has 0 amide bonds. The van der Waals surface area contributed by atoms with E-state index in [2.05, 4.69) is 11.1 Å². The fourth-order valence-corrected chi connectivity index (χ4v) is 5.01. The number of carbonyl (C=O) groups is 2. The van der Waals surface area contributed by atoms with Crippen molar-refractivity contribution in [1.82, 2.24) is 4.98 Å². The van der Waals surface area contributed by atoms with Crippen LogP contribution in [0.1, 0.15) is 79.6 Å². The summed E-state index contributed by atoms with van der Waals surface area (Å²) in [5, 5.41) is 28.4. The maximum Gasteiger partial charge on any atom is 0.303 e. The molecular weight excluding hydrogens is 534 g/mol. The second-order valence-corrected chi connectivity index (χ2v) is 10.3. The Morgan fingerprint density at radius 3 is 2.38 bits per heavy atom. The van der Waals surface area contributed by atoms with Crippen molar-refractivity contribution < 1.29 is 34.4 Å². The van der Waals surface area contributed by atoms with Gasteiger partial charge in [-0.2, -0.15) is 0 Å². The molecular formula is C34H37NO7. The fraction of sp³-hybridized carbons (Fsp3) is 0.324. The van der Waals surface area contributed by atoms with E-state index in [1.54, 1.807) is 18.3 Å². The number of rotatable bonds is 14. The first-order valence-corrected chi connectivity index (χ1v) is 14.3. The minimum Gasteiger partial charge on any atom is -0.508 e. The number of pyridine rings is 1. The predicted octanol–water partition coefficient (Wildman–Crippen LogP) is 7.08.